The third kappa shape index (κ3) is 4.17. The van der Waals surface area contributed by atoms with Crippen LogP contribution in [0.15, 0.2) is 28.8 Å². The number of rotatable bonds is 8. The van der Waals surface area contributed by atoms with Crippen molar-refractivity contribution in [2.24, 2.45) is 0 Å². The second kappa shape index (κ2) is 8.92. The number of hydrogen-bond donors (Lipinski definition) is 0. The molecule has 0 N–H and O–H groups in total. The first-order chi connectivity index (χ1) is 15.2. The summed E-state index contributed by atoms with van der Waals surface area (Å²) < 4.78 is 22.0. The first-order valence-corrected chi connectivity index (χ1v) is 9.41. The van der Waals surface area contributed by atoms with Crippen molar-refractivity contribution in [1.82, 2.24) is 9.72 Å². The number of nitrogens with zero attached hydrogens (tertiary/aromatic N) is 3. The summed E-state index contributed by atoms with van der Waals surface area (Å²) in [6.07, 6.45) is 0. The predicted octanol–water partition coefficient (Wildman–Crippen LogP) is 3.36. The number of carbonyl (C=O) groups excluding carboxylic acids is 2. The molecule has 0 aliphatic carbocycles. The Morgan fingerprint density at radius 1 is 1.06 bits per heavy atom. The Kier molecular flexibility index (Phi) is 6.28. The first-order valence-electron chi connectivity index (χ1n) is 9.41. The van der Waals surface area contributed by atoms with E-state index in [9.17, 15) is 19.7 Å². The number of ether oxygens (including phenoxy) is 3. The van der Waals surface area contributed by atoms with Crippen LogP contribution in [0.5, 0.6) is 11.5 Å². The Balaban J connectivity index is 1.83. The molecule has 2 aromatic heterocycles. The van der Waals surface area contributed by atoms with E-state index in [0.29, 0.717) is 22.8 Å². The minimum absolute atomic E-state index is 0.0855. The summed E-state index contributed by atoms with van der Waals surface area (Å²) in [7, 11) is 2.64. The van der Waals surface area contributed by atoms with Crippen LogP contribution >= 0.6 is 0 Å². The van der Waals surface area contributed by atoms with E-state index in [1.165, 1.54) is 14.2 Å². The third-order valence-corrected chi connectivity index (χ3v) is 4.83. The number of nitro benzene ring substituents is 1. The summed E-state index contributed by atoms with van der Waals surface area (Å²) in [4.78, 5) is 35.9. The molecular weight excluding hydrogens is 422 g/mol. The molecule has 0 aliphatic heterocycles. The van der Waals surface area contributed by atoms with Crippen LogP contribution in [0, 0.1) is 30.9 Å². The fourth-order valence-electron chi connectivity index (χ4n) is 3.33. The Morgan fingerprint density at radius 3 is 2.28 bits per heavy atom. The monoisotopic (exact) mass is 443 g/mol. The van der Waals surface area contributed by atoms with Crippen molar-refractivity contribution in [3.63, 3.8) is 0 Å². The van der Waals surface area contributed by atoms with E-state index in [-0.39, 0.29) is 17.1 Å². The van der Waals surface area contributed by atoms with Crippen LogP contribution in [-0.2, 0) is 4.74 Å². The van der Waals surface area contributed by atoms with Gasteiger partial charge in [0.1, 0.15) is 11.3 Å². The summed E-state index contributed by atoms with van der Waals surface area (Å²) in [6.45, 7) is 4.67. The van der Waals surface area contributed by atoms with Crippen LogP contribution in [0.25, 0.3) is 5.82 Å². The molecule has 0 unspecified atom stereocenters. The van der Waals surface area contributed by atoms with E-state index >= 15 is 0 Å². The van der Waals surface area contributed by atoms with E-state index in [2.05, 4.69) is 5.16 Å². The molecule has 32 heavy (non-hydrogen) atoms. The lowest BCUT2D eigenvalue weighted by Crippen LogP contribution is -2.16. The van der Waals surface area contributed by atoms with Gasteiger partial charge in [0.2, 0.25) is 5.78 Å². The minimum atomic E-state index is -1.04. The lowest BCUT2D eigenvalue weighted by atomic mass is 10.1. The highest BCUT2D eigenvalue weighted by molar-refractivity contribution is 6.01. The van der Waals surface area contributed by atoms with Crippen molar-refractivity contribution in [3.8, 4) is 17.3 Å². The fraction of sp³-hybridized carbons (Fsp3) is 0.286. The average Bonchev–Trinajstić information content (AvgIpc) is 3.32. The number of esters is 1. The van der Waals surface area contributed by atoms with Crippen molar-refractivity contribution >= 4 is 17.4 Å². The molecule has 3 aromatic rings. The highest BCUT2D eigenvalue weighted by atomic mass is 16.6. The van der Waals surface area contributed by atoms with Gasteiger partial charge in [-0.05, 0) is 26.8 Å². The largest absolute Gasteiger partial charge is 0.493 e. The van der Waals surface area contributed by atoms with E-state index < -0.39 is 29.0 Å². The van der Waals surface area contributed by atoms with Crippen LogP contribution in [0.3, 0.4) is 0 Å². The molecule has 0 atom stereocenters. The van der Waals surface area contributed by atoms with Crippen molar-refractivity contribution in [2.45, 2.75) is 20.8 Å². The number of hydrogen-bond acceptors (Lipinski definition) is 9. The standard InChI is InChI=1S/C21H21N3O8/c1-11-6-14(13(3)23(11)20-7-12(2)32-22-20)17(25)10-31-21(26)15-8-18(29-4)19(30-5)9-16(15)24(27)28/h6-9H,10H2,1-5H3. The zero-order valence-corrected chi connectivity index (χ0v) is 18.1. The van der Waals surface area contributed by atoms with Gasteiger partial charge >= 0.3 is 5.97 Å². The summed E-state index contributed by atoms with van der Waals surface area (Å²) in [5.41, 5.74) is 0.774. The molecule has 11 nitrogen and oxygen atoms in total. The topological polar surface area (TPSA) is 136 Å². The predicted molar refractivity (Wildman–Crippen MR) is 111 cm³/mol. The fourth-order valence-corrected chi connectivity index (χ4v) is 3.33. The molecule has 0 bridgehead atoms. The molecule has 0 spiro atoms. The molecule has 2 heterocycles. The van der Waals surface area contributed by atoms with Crippen molar-refractivity contribution < 1.29 is 33.2 Å². The molecule has 0 fully saturated rings. The molecule has 11 heteroatoms. The molecule has 0 amide bonds. The lowest BCUT2D eigenvalue weighted by molar-refractivity contribution is -0.385. The molecule has 1 aromatic carbocycles. The highest BCUT2D eigenvalue weighted by Crippen LogP contribution is 2.34. The van der Waals surface area contributed by atoms with Gasteiger partial charge in [0, 0.05) is 29.1 Å². The van der Waals surface area contributed by atoms with Crippen LogP contribution in [0.4, 0.5) is 5.69 Å². The quantitative estimate of drug-likeness (QED) is 0.222. The Bertz CT molecular complexity index is 1210. The zero-order valence-electron chi connectivity index (χ0n) is 18.1. The van der Waals surface area contributed by atoms with E-state index in [1.54, 1.807) is 37.5 Å². The van der Waals surface area contributed by atoms with Gasteiger partial charge in [-0.3, -0.25) is 19.5 Å². The highest BCUT2D eigenvalue weighted by Gasteiger charge is 2.27. The maximum atomic E-state index is 12.7. The summed E-state index contributed by atoms with van der Waals surface area (Å²) >= 11 is 0. The minimum Gasteiger partial charge on any atom is -0.493 e. The molecule has 0 aliphatic rings. The molecule has 3 rings (SSSR count). The van der Waals surface area contributed by atoms with Gasteiger partial charge in [0.15, 0.2) is 23.9 Å². The second-order valence-electron chi connectivity index (χ2n) is 6.90. The Labute approximate surface area is 182 Å². The summed E-state index contributed by atoms with van der Waals surface area (Å²) in [5, 5.41) is 15.3. The molecule has 0 saturated carbocycles. The number of carbonyl (C=O) groups is 2. The van der Waals surface area contributed by atoms with Crippen LogP contribution < -0.4 is 9.47 Å². The van der Waals surface area contributed by atoms with Gasteiger partial charge in [-0.1, -0.05) is 5.16 Å². The average molecular weight is 443 g/mol. The number of nitro groups is 1. The third-order valence-electron chi connectivity index (χ3n) is 4.83. The summed E-state index contributed by atoms with van der Waals surface area (Å²) in [6, 6.07) is 5.58. The summed E-state index contributed by atoms with van der Waals surface area (Å²) in [5.74, 6) is -0.168. The van der Waals surface area contributed by atoms with Crippen molar-refractivity contribution in [2.75, 3.05) is 20.8 Å². The maximum Gasteiger partial charge on any atom is 0.345 e. The number of ketones is 1. The molecular formula is C21H21N3O8. The maximum absolute atomic E-state index is 12.7. The van der Waals surface area contributed by atoms with E-state index in [0.717, 1.165) is 17.8 Å². The van der Waals surface area contributed by atoms with Crippen LogP contribution in [0.1, 0.15) is 37.9 Å². The Hall–Kier alpha value is -4.15. The number of benzene rings is 1. The smallest absolute Gasteiger partial charge is 0.345 e. The van der Waals surface area contributed by atoms with Gasteiger partial charge in [-0.2, -0.15) is 0 Å². The zero-order chi connectivity index (χ0) is 23.6. The van der Waals surface area contributed by atoms with E-state index in [4.69, 9.17) is 18.7 Å². The normalized spacial score (nSPS) is 10.7. The second-order valence-corrected chi connectivity index (χ2v) is 6.90. The number of aryl methyl sites for hydroxylation is 2. The number of Topliss-reactive ketones (excluding diaryl/α,β-unsaturated/α-hetero) is 1. The Morgan fingerprint density at radius 2 is 1.72 bits per heavy atom. The number of aromatic nitrogens is 2. The molecule has 168 valence electrons. The lowest BCUT2D eigenvalue weighted by Gasteiger charge is -2.10. The van der Waals surface area contributed by atoms with Gasteiger partial charge in [-0.25, -0.2) is 4.79 Å². The van der Waals surface area contributed by atoms with Crippen molar-refractivity contribution in [1.29, 1.82) is 0 Å². The van der Waals surface area contributed by atoms with Gasteiger partial charge in [0.25, 0.3) is 5.69 Å². The van der Waals surface area contributed by atoms with Gasteiger partial charge < -0.3 is 18.7 Å². The first kappa shape index (κ1) is 22.5. The SMILES string of the molecule is COc1cc(C(=O)OCC(=O)c2cc(C)n(-c3cc(C)on3)c2C)c([N+](=O)[O-])cc1OC. The van der Waals surface area contributed by atoms with E-state index in [1.807, 2.05) is 0 Å². The van der Waals surface area contributed by atoms with Gasteiger partial charge in [0.05, 0.1) is 25.2 Å². The molecule has 0 saturated heterocycles. The van der Waals surface area contributed by atoms with Crippen LogP contribution in [-0.4, -0.2) is 47.2 Å². The number of methoxy groups -OCH3 is 2. The van der Waals surface area contributed by atoms with Crippen molar-refractivity contribution in [3.05, 3.63) is 62.7 Å². The molecule has 0 radical (unpaired) electrons. The van der Waals surface area contributed by atoms with Gasteiger partial charge in [-0.15, -0.1) is 0 Å². The van der Waals surface area contributed by atoms with Crippen LogP contribution in [0.2, 0.25) is 0 Å².